The maximum Gasteiger partial charge on any atom is 0.427 e. The van der Waals surface area contributed by atoms with Gasteiger partial charge in [0.1, 0.15) is 0 Å². The molecular weight excluding hydrogens is 307 g/mol. The highest BCUT2D eigenvalue weighted by Gasteiger charge is 1.95. The number of halogens is 1. The largest absolute Gasteiger partial charge is 0.449 e. The van der Waals surface area contributed by atoms with Crippen molar-refractivity contribution in [2.75, 3.05) is 6.61 Å². The fourth-order valence-electron chi connectivity index (χ4n) is 0.910. The van der Waals surface area contributed by atoms with Crippen molar-refractivity contribution in [3.05, 3.63) is 33.4 Å². The van der Waals surface area contributed by atoms with Crippen LogP contribution in [0.3, 0.4) is 0 Å². The molecule has 0 saturated carbocycles. The summed E-state index contributed by atoms with van der Waals surface area (Å²) in [4.78, 5) is 10.9. The van der Waals surface area contributed by atoms with Crippen LogP contribution in [-0.2, 0) is 4.74 Å². The lowest BCUT2D eigenvalue weighted by Gasteiger charge is -1.98. The normalized spacial score (nSPS) is 10.3. The average molecular weight is 318 g/mol. The molecule has 80 valence electrons. The van der Waals surface area contributed by atoms with E-state index < -0.39 is 6.09 Å². The van der Waals surface area contributed by atoms with E-state index in [1.165, 1.54) is 0 Å². The summed E-state index contributed by atoms with van der Waals surface area (Å²) in [6.45, 7) is 2.08. The van der Waals surface area contributed by atoms with Gasteiger partial charge in [0.25, 0.3) is 0 Å². The molecule has 1 aromatic carbocycles. The summed E-state index contributed by atoms with van der Waals surface area (Å²) in [6.07, 6.45) is 1.03. The van der Waals surface area contributed by atoms with Gasteiger partial charge in [0.15, 0.2) is 0 Å². The number of nitrogens with zero attached hydrogens (tertiary/aromatic N) is 1. The summed E-state index contributed by atoms with van der Waals surface area (Å²) in [5.41, 5.74) is 3.19. The summed E-state index contributed by atoms with van der Waals surface area (Å²) >= 11 is 2.21. The molecule has 0 atom stereocenters. The molecule has 0 aliphatic rings. The van der Waals surface area contributed by atoms with Crippen LogP contribution in [0.5, 0.6) is 0 Å². The Kier molecular flexibility index (Phi) is 5.09. The van der Waals surface area contributed by atoms with Crippen molar-refractivity contribution in [3.63, 3.8) is 0 Å². The zero-order valence-electron chi connectivity index (χ0n) is 8.24. The zero-order valence-corrected chi connectivity index (χ0v) is 10.4. The molecule has 0 aliphatic carbocycles. The van der Waals surface area contributed by atoms with E-state index in [1.54, 1.807) is 13.1 Å². The van der Waals surface area contributed by atoms with Gasteiger partial charge in [0, 0.05) is 3.57 Å². The van der Waals surface area contributed by atoms with Crippen molar-refractivity contribution in [1.82, 2.24) is 5.43 Å². The Bertz CT molecular complexity index is 366. The van der Waals surface area contributed by atoms with Crippen LogP contribution in [0.2, 0.25) is 0 Å². The van der Waals surface area contributed by atoms with Crippen molar-refractivity contribution in [1.29, 1.82) is 0 Å². The van der Waals surface area contributed by atoms with Gasteiger partial charge in [-0.15, -0.1) is 0 Å². The molecule has 1 N–H and O–H groups in total. The third-order valence-electron chi connectivity index (χ3n) is 1.49. The fraction of sp³-hybridized carbons (Fsp3) is 0.200. The zero-order chi connectivity index (χ0) is 11.1. The Hall–Kier alpha value is -1.11. The standard InChI is InChI=1S/C10H11IN2O2/c1-2-15-10(14)13-12-7-8-4-3-5-9(11)6-8/h3-7H,2H2,1H3,(H,13,14). The number of carbonyl (C=O) groups is 1. The highest BCUT2D eigenvalue weighted by Crippen LogP contribution is 2.05. The van der Waals surface area contributed by atoms with Crippen molar-refractivity contribution < 1.29 is 9.53 Å². The van der Waals surface area contributed by atoms with E-state index in [0.717, 1.165) is 9.13 Å². The molecule has 0 unspecified atom stereocenters. The molecule has 4 nitrogen and oxygen atoms in total. The van der Waals surface area contributed by atoms with Gasteiger partial charge in [-0.2, -0.15) is 5.10 Å². The van der Waals surface area contributed by atoms with Crippen LogP contribution in [0.1, 0.15) is 12.5 Å². The number of hydrogen-bond donors (Lipinski definition) is 1. The molecule has 0 fully saturated rings. The van der Waals surface area contributed by atoms with Gasteiger partial charge in [-0.3, -0.25) is 0 Å². The summed E-state index contributed by atoms with van der Waals surface area (Å²) in [5, 5.41) is 3.75. The van der Waals surface area contributed by atoms with Crippen molar-refractivity contribution in [3.8, 4) is 0 Å². The van der Waals surface area contributed by atoms with E-state index >= 15 is 0 Å². The van der Waals surface area contributed by atoms with Gasteiger partial charge in [0.2, 0.25) is 0 Å². The number of hydrazone groups is 1. The van der Waals surface area contributed by atoms with Crippen LogP contribution in [-0.4, -0.2) is 18.9 Å². The summed E-state index contributed by atoms with van der Waals surface area (Å²) in [7, 11) is 0. The molecule has 0 spiro atoms. The first-order chi connectivity index (χ1) is 7.22. The fourth-order valence-corrected chi connectivity index (χ4v) is 1.48. The number of nitrogens with one attached hydrogen (secondary N) is 1. The molecule has 0 aromatic heterocycles. The lowest BCUT2D eigenvalue weighted by molar-refractivity contribution is 0.152. The highest BCUT2D eigenvalue weighted by atomic mass is 127. The maximum absolute atomic E-state index is 10.9. The Morgan fingerprint density at radius 3 is 3.13 bits per heavy atom. The number of rotatable bonds is 3. The molecule has 1 aromatic rings. The predicted molar refractivity (Wildman–Crippen MR) is 66.9 cm³/mol. The van der Waals surface area contributed by atoms with E-state index in [4.69, 9.17) is 0 Å². The number of hydrogen-bond acceptors (Lipinski definition) is 3. The first kappa shape index (κ1) is 12.0. The predicted octanol–water partition coefficient (Wildman–Crippen LogP) is 2.37. The minimum absolute atomic E-state index is 0.338. The minimum atomic E-state index is -0.542. The van der Waals surface area contributed by atoms with Crippen LogP contribution in [0.25, 0.3) is 0 Å². The lowest BCUT2D eigenvalue weighted by Crippen LogP contribution is -2.18. The van der Waals surface area contributed by atoms with E-state index in [1.807, 2.05) is 24.3 Å². The molecule has 0 saturated heterocycles. The van der Waals surface area contributed by atoms with Gasteiger partial charge in [-0.25, -0.2) is 10.2 Å². The third-order valence-corrected chi connectivity index (χ3v) is 2.16. The van der Waals surface area contributed by atoms with E-state index in [-0.39, 0.29) is 0 Å². The van der Waals surface area contributed by atoms with E-state index in [2.05, 4.69) is 37.9 Å². The smallest absolute Gasteiger partial charge is 0.427 e. The number of benzene rings is 1. The minimum Gasteiger partial charge on any atom is -0.449 e. The second-order valence-electron chi connectivity index (χ2n) is 2.65. The van der Waals surface area contributed by atoms with Crippen LogP contribution in [0, 0.1) is 3.57 Å². The van der Waals surface area contributed by atoms with Gasteiger partial charge in [0.05, 0.1) is 12.8 Å². The second-order valence-corrected chi connectivity index (χ2v) is 3.89. The van der Waals surface area contributed by atoms with Gasteiger partial charge >= 0.3 is 6.09 Å². The van der Waals surface area contributed by atoms with Gasteiger partial charge < -0.3 is 4.74 Å². The van der Waals surface area contributed by atoms with Crippen molar-refractivity contribution >= 4 is 34.9 Å². The Balaban J connectivity index is 2.48. The molecular formula is C10H11IN2O2. The average Bonchev–Trinajstić information content (AvgIpc) is 2.18. The van der Waals surface area contributed by atoms with Gasteiger partial charge in [-0.05, 0) is 47.2 Å². The second kappa shape index (κ2) is 6.39. The third kappa shape index (κ3) is 4.78. The van der Waals surface area contributed by atoms with E-state index in [0.29, 0.717) is 6.61 Å². The van der Waals surface area contributed by atoms with Crippen molar-refractivity contribution in [2.45, 2.75) is 6.92 Å². The number of carbonyl (C=O) groups excluding carboxylic acids is 1. The molecule has 5 heteroatoms. The van der Waals surface area contributed by atoms with Crippen molar-refractivity contribution in [2.24, 2.45) is 5.10 Å². The Morgan fingerprint density at radius 1 is 1.67 bits per heavy atom. The molecule has 0 aliphatic heterocycles. The summed E-state index contributed by atoms with van der Waals surface area (Å²) in [6, 6.07) is 7.76. The lowest BCUT2D eigenvalue weighted by atomic mass is 10.2. The Morgan fingerprint density at radius 2 is 2.47 bits per heavy atom. The van der Waals surface area contributed by atoms with Crippen LogP contribution < -0.4 is 5.43 Å². The molecule has 1 rings (SSSR count). The van der Waals surface area contributed by atoms with Crippen LogP contribution in [0.4, 0.5) is 4.79 Å². The molecule has 0 radical (unpaired) electrons. The number of amides is 1. The van der Waals surface area contributed by atoms with Gasteiger partial charge in [-0.1, -0.05) is 12.1 Å². The molecule has 1 amide bonds. The Labute approximate surface area is 102 Å². The quantitative estimate of drug-likeness (QED) is 0.528. The molecule has 0 heterocycles. The first-order valence-corrected chi connectivity index (χ1v) is 5.51. The molecule has 15 heavy (non-hydrogen) atoms. The highest BCUT2D eigenvalue weighted by molar-refractivity contribution is 14.1. The molecule has 0 bridgehead atoms. The maximum atomic E-state index is 10.9. The van der Waals surface area contributed by atoms with E-state index in [9.17, 15) is 4.79 Å². The SMILES string of the molecule is CCOC(=O)NN=Cc1cccc(I)c1. The topological polar surface area (TPSA) is 50.7 Å². The summed E-state index contributed by atoms with van der Waals surface area (Å²) in [5.74, 6) is 0. The monoisotopic (exact) mass is 318 g/mol. The van der Waals surface area contributed by atoms with Crippen LogP contribution in [0.15, 0.2) is 29.4 Å². The first-order valence-electron chi connectivity index (χ1n) is 4.43. The summed E-state index contributed by atoms with van der Waals surface area (Å²) < 4.78 is 5.76. The number of ether oxygens (including phenoxy) is 1. The van der Waals surface area contributed by atoms with Crippen LogP contribution >= 0.6 is 22.6 Å².